The first-order valence-corrected chi connectivity index (χ1v) is 9.75. The molecular formula is C20H29Br. The summed E-state index contributed by atoms with van der Waals surface area (Å²) >= 11 is 4.05. The predicted molar refractivity (Wildman–Crippen MR) is 95.1 cm³/mol. The molecule has 0 aromatic heterocycles. The molecule has 3 rings (SSSR count). The van der Waals surface area contributed by atoms with Gasteiger partial charge in [-0.25, -0.2) is 0 Å². The highest BCUT2D eigenvalue weighted by atomic mass is 79.9. The molecule has 0 nitrogen and oxygen atoms in total. The Morgan fingerprint density at radius 1 is 1.05 bits per heavy atom. The van der Waals surface area contributed by atoms with Gasteiger partial charge in [0, 0.05) is 4.83 Å². The number of aryl methyl sites for hydroxylation is 2. The lowest BCUT2D eigenvalue weighted by Crippen LogP contribution is -2.32. The molecule has 2 saturated carbocycles. The van der Waals surface area contributed by atoms with E-state index in [1.54, 1.807) is 5.56 Å². The predicted octanol–water partition coefficient (Wildman–Crippen LogP) is 6.22. The molecule has 0 N–H and O–H groups in total. The number of hydrogen-bond donors (Lipinski definition) is 0. The van der Waals surface area contributed by atoms with Crippen molar-refractivity contribution in [3.8, 4) is 0 Å². The molecule has 1 aromatic rings. The Kier molecular flexibility index (Phi) is 5.09. The number of fused-ring (bicyclic) bond motifs is 1. The molecule has 2 fully saturated rings. The molecule has 1 heteroatoms. The third-order valence-corrected chi connectivity index (χ3v) is 7.08. The number of rotatable bonds is 3. The lowest BCUT2D eigenvalue weighted by Gasteiger charge is -2.41. The Hall–Kier alpha value is -0.300. The third kappa shape index (κ3) is 3.73. The molecule has 0 heterocycles. The molecule has 0 spiro atoms. The lowest BCUT2D eigenvalue weighted by atomic mass is 9.66. The SMILES string of the molecule is Cc1ccc(C)c(CC(Br)C2CCC3CCCCC3C2)c1. The molecular weight excluding hydrogens is 320 g/mol. The highest BCUT2D eigenvalue weighted by Gasteiger charge is 2.34. The summed E-state index contributed by atoms with van der Waals surface area (Å²) in [5.74, 6) is 3.00. The highest BCUT2D eigenvalue weighted by Crippen LogP contribution is 2.45. The fourth-order valence-corrected chi connectivity index (χ4v) is 5.46. The van der Waals surface area contributed by atoms with E-state index in [9.17, 15) is 0 Å². The first kappa shape index (κ1) is 15.6. The zero-order valence-corrected chi connectivity index (χ0v) is 15.2. The minimum absolute atomic E-state index is 0.667. The van der Waals surface area contributed by atoms with Crippen LogP contribution in [0.3, 0.4) is 0 Å². The van der Waals surface area contributed by atoms with E-state index >= 15 is 0 Å². The molecule has 0 bridgehead atoms. The van der Waals surface area contributed by atoms with Gasteiger partial charge < -0.3 is 0 Å². The van der Waals surface area contributed by atoms with Crippen LogP contribution in [0.25, 0.3) is 0 Å². The van der Waals surface area contributed by atoms with Crippen LogP contribution in [0.15, 0.2) is 18.2 Å². The van der Waals surface area contributed by atoms with Crippen molar-refractivity contribution in [2.45, 2.75) is 70.0 Å². The molecule has 0 amide bonds. The van der Waals surface area contributed by atoms with Crippen LogP contribution >= 0.6 is 15.9 Å². The van der Waals surface area contributed by atoms with Crippen LogP contribution < -0.4 is 0 Å². The van der Waals surface area contributed by atoms with Crippen LogP contribution in [0.5, 0.6) is 0 Å². The summed E-state index contributed by atoms with van der Waals surface area (Å²) in [6.07, 6.45) is 11.6. The van der Waals surface area contributed by atoms with Gasteiger partial charge in [0.2, 0.25) is 0 Å². The summed E-state index contributed by atoms with van der Waals surface area (Å²) in [6, 6.07) is 6.90. The van der Waals surface area contributed by atoms with Crippen molar-refractivity contribution in [2.24, 2.45) is 17.8 Å². The minimum Gasteiger partial charge on any atom is -0.0884 e. The van der Waals surface area contributed by atoms with Gasteiger partial charge in [-0.15, -0.1) is 0 Å². The molecule has 0 saturated heterocycles. The van der Waals surface area contributed by atoms with Crippen LogP contribution in [0.1, 0.15) is 61.6 Å². The van der Waals surface area contributed by atoms with E-state index in [2.05, 4.69) is 48.0 Å². The quantitative estimate of drug-likeness (QED) is 0.569. The average molecular weight is 349 g/mol. The van der Waals surface area contributed by atoms with E-state index in [1.807, 2.05) is 0 Å². The van der Waals surface area contributed by atoms with E-state index in [4.69, 9.17) is 0 Å². The maximum atomic E-state index is 4.05. The molecule has 4 atom stereocenters. The summed E-state index contributed by atoms with van der Waals surface area (Å²) in [4.78, 5) is 0.667. The summed E-state index contributed by atoms with van der Waals surface area (Å²) in [7, 11) is 0. The van der Waals surface area contributed by atoms with Crippen molar-refractivity contribution in [1.29, 1.82) is 0 Å². The van der Waals surface area contributed by atoms with Crippen molar-refractivity contribution in [1.82, 2.24) is 0 Å². The van der Waals surface area contributed by atoms with E-state index in [0.717, 1.165) is 17.8 Å². The second-order valence-corrected chi connectivity index (χ2v) is 8.70. The summed E-state index contributed by atoms with van der Waals surface area (Å²) in [6.45, 7) is 4.46. The summed E-state index contributed by atoms with van der Waals surface area (Å²) in [5.41, 5.74) is 4.39. The van der Waals surface area contributed by atoms with E-state index in [-0.39, 0.29) is 0 Å². The van der Waals surface area contributed by atoms with Gasteiger partial charge in [-0.2, -0.15) is 0 Å². The molecule has 0 radical (unpaired) electrons. The first-order valence-electron chi connectivity index (χ1n) is 8.83. The standard InChI is InChI=1S/C20H29Br/c1-14-7-8-15(2)19(11-14)13-20(21)18-10-9-16-5-3-4-6-17(16)12-18/h7-8,11,16-18,20H,3-6,9-10,12-13H2,1-2H3. The minimum atomic E-state index is 0.667. The topological polar surface area (TPSA) is 0 Å². The molecule has 1 aromatic carbocycles. The van der Waals surface area contributed by atoms with Crippen molar-refractivity contribution in [3.63, 3.8) is 0 Å². The number of hydrogen-bond acceptors (Lipinski definition) is 0. The molecule has 116 valence electrons. The van der Waals surface area contributed by atoms with Crippen LogP contribution in [-0.4, -0.2) is 4.83 Å². The lowest BCUT2D eigenvalue weighted by molar-refractivity contribution is 0.129. The third-order valence-electron chi connectivity index (χ3n) is 6.01. The maximum absolute atomic E-state index is 4.05. The molecule has 2 aliphatic rings. The maximum Gasteiger partial charge on any atom is 0.0214 e. The van der Waals surface area contributed by atoms with Crippen molar-refractivity contribution < 1.29 is 0 Å². The van der Waals surface area contributed by atoms with Crippen LogP contribution in [0.4, 0.5) is 0 Å². The average Bonchev–Trinajstić information content (AvgIpc) is 2.50. The monoisotopic (exact) mass is 348 g/mol. The van der Waals surface area contributed by atoms with Gasteiger partial charge in [0.25, 0.3) is 0 Å². The second kappa shape index (κ2) is 6.86. The Morgan fingerprint density at radius 3 is 2.62 bits per heavy atom. The normalized spacial score (nSPS) is 30.7. The largest absolute Gasteiger partial charge is 0.0884 e. The van der Waals surface area contributed by atoms with Crippen LogP contribution in [0, 0.1) is 31.6 Å². The van der Waals surface area contributed by atoms with Crippen LogP contribution in [0.2, 0.25) is 0 Å². The first-order chi connectivity index (χ1) is 10.1. The zero-order chi connectivity index (χ0) is 14.8. The fourth-order valence-electron chi connectivity index (χ4n) is 4.64. The Bertz CT molecular complexity index is 479. The van der Waals surface area contributed by atoms with Gasteiger partial charge in [0.15, 0.2) is 0 Å². The van der Waals surface area contributed by atoms with Crippen molar-refractivity contribution in [2.75, 3.05) is 0 Å². The fraction of sp³-hybridized carbons (Fsp3) is 0.700. The number of benzene rings is 1. The van der Waals surface area contributed by atoms with Crippen molar-refractivity contribution >= 4 is 15.9 Å². The summed E-state index contributed by atoms with van der Waals surface area (Å²) in [5, 5.41) is 0. The zero-order valence-electron chi connectivity index (χ0n) is 13.6. The smallest absolute Gasteiger partial charge is 0.0214 e. The van der Waals surface area contributed by atoms with Gasteiger partial charge in [-0.3, -0.25) is 0 Å². The molecule has 2 aliphatic carbocycles. The number of halogens is 1. The van der Waals surface area contributed by atoms with E-state index in [1.165, 1.54) is 62.5 Å². The van der Waals surface area contributed by atoms with Gasteiger partial charge in [0.1, 0.15) is 0 Å². The highest BCUT2D eigenvalue weighted by molar-refractivity contribution is 9.09. The second-order valence-electron chi connectivity index (χ2n) is 7.53. The molecule has 21 heavy (non-hydrogen) atoms. The van der Waals surface area contributed by atoms with Gasteiger partial charge in [-0.1, -0.05) is 65.4 Å². The van der Waals surface area contributed by atoms with Crippen molar-refractivity contribution in [3.05, 3.63) is 34.9 Å². The Labute approximate surface area is 138 Å². The number of alkyl halides is 1. The van der Waals surface area contributed by atoms with E-state index < -0.39 is 0 Å². The van der Waals surface area contributed by atoms with Gasteiger partial charge in [-0.05, 0) is 68.4 Å². The van der Waals surface area contributed by atoms with Gasteiger partial charge in [0.05, 0.1) is 0 Å². The van der Waals surface area contributed by atoms with Gasteiger partial charge >= 0.3 is 0 Å². The van der Waals surface area contributed by atoms with E-state index in [0.29, 0.717) is 4.83 Å². The Balaban J connectivity index is 1.62. The summed E-state index contributed by atoms with van der Waals surface area (Å²) < 4.78 is 0. The Morgan fingerprint density at radius 2 is 1.81 bits per heavy atom. The molecule has 0 aliphatic heterocycles. The molecule has 4 unspecified atom stereocenters. The van der Waals surface area contributed by atoms with Crippen LogP contribution in [-0.2, 0) is 6.42 Å².